The van der Waals surface area contributed by atoms with Gasteiger partial charge in [0, 0.05) is 31.5 Å². The highest BCUT2D eigenvalue weighted by atomic mass is 16.6. The van der Waals surface area contributed by atoms with Crippen LogP contribution < -0.4 is 10.6 Å². The van der Waals surface area contributed by atoms with E-state index < -0.39 is 4.92 Å². The molecule has 0 saturated carbocycles. The maximum absolute atomic E-state index is 11.0. The fourth-order valence-electron chi connectivity index (χ4n) is 1.85. The third-order valence-corrected chi connectivity index (χ3v) is 2.73. The molecule has 9 nitrogen and oxygen atoms in total. The second kappa shape index (κ2) is 6.64. The molecule has 0 amide bonds. The van der Waals surface area contributed by atoms with Crippen LogP contribution in [0.15, 0.2) is 24.9 Å². The van der Waals surface area contributed by atoms with Gasteiger partial charge in [-0.05, 0) is 13.8 Å². The zero-order valence-corrected chi connectivity index (χ0v) is 11.9. The van der Waals surface area contributed by atoms with E-state index in [1.54, 1.807) is 12.5 Å². The van der Waals surface area contributed by atoms with Crippen LogP contribution in [0.2, 0.25) is 0 Å². The van der Waals surface area contributed by atoms with Gasteiger partial charge in [0.1, 0.15) is 6.20 Å². The first-order chi connectivity index (χ1) is 10.1. The summed E-state index contributed by atoms with van der Waals surface area (Å²) in [6, 6.07) is -0.0534. The van der Waals surface area contributed by atoms with E-state index in [2.05, 4.69) is 25.6 Å². The Bertz CT molecular complexity index is 600. The van der Waals surface area contributed by atoms with Gasteiger partial charge in [-0.15, -0.1) is 0 Å². The molecule has 0 saturated heterocycles. The van der Waals surface area contributed by atoms with E-state index in [9.17, 15) is 10.1 Å². The van der Waals surface area contributed by atoms with Crippen molar-refractivity contribution in [3.8, 4) is 0 Å². The lowest BCUT2D eigenvalue weighted by atomic mass is 10.3. The van der Waals surface area contributed by atoms with Crippen molar-refractivity contribution < 1.29 is 4.92 Å². The van der Waals surface area contributed by atoms with Gasteiger partial charge < -0.3 is 15.2 Å². The monoisotopic (exact) mass is 291 g/mol. The van der Waals surface area contributed by atoms with Crippen LogP contribution in [-0.2, 0) is 6.54 Å². The normalized spacial score (nSPS) is 11.9. The lowest BCUT2D eigenvalue weighted by Crippen LogP contribution is -2.23. The lowest BCUT2D eigenvalue weighted by Gasteiger charge is -2.15. The summed E-state index contributed by atoms with van der Waals surface area (Å²) in [6.45, 7) is 5.08. The number of hydrogen-bond acceptors (Lipinski definition) is 7. The van der Waals surface area contributed by atoms with Crippen LogP contribution in [0, 0.1) is 10.1 Å². The van der Waals surface area contributed by atoms with Gasteiger partial charge in [-0.3, -0.25) is 10.1 Å². The van der Waals surface area contributed by atoms with Crippen LogP contribution in [0.1, 0.15) is 13.8 Å². The molecule has 1 unspecified atom stereocenters. The van der Waals surface area contributed by atoms with Crippen molar-refractivity contribution in [1.82, 2.24) is 19.5 Å². The number of rotatable bonds is 7. The summed E-state index contributed by atoms with van der Waals surface area (Å²) in [5.74, 6) is 0.569. The van der Waals surface area contributed by atoms with Crippen molar-refractivity contribution in [3.05, 3.63) is 35.0 Å². The maximum Gasteiger partial charge on any atom is 0.329 e. The van der Waals surface area contributed by atoms with Gasteiger partial charge in [0.2, 0.25) is 11.8 Å². The number of anilines is 2. The first-order valence-corrected chi connectivity index (χ1v) is 6.57. The summed E-state index contributed by atoms with van der Waals surface area (Å²) in [5.41, 5.74) is -0.144. The summed E-state index contributed by atoms with van der Waals surface area (Å²) in [5, 5.41) is 17.0. The number of nitro groups is 1. The van der Waals surface area contributed by atoms with E-state index >= 15 is 0 Å². The largest absolute Gasteiger partial charge is 0.360 e. The molecule has 2 aromatic heterocycles. The molecule has 0 bridgehead atoms. The van der Waals surface area contributed by atoms with E-state index in [-0.39, 0.29) is 17.5 Å². The standard InChI is InChI=1S/C12H17N7O2/c1-3-14-12-15-6-10(19(20)21)11(17-12)16-9(2)7-18-5-4-13-8-18/h4-6,8-9H,3,7H2,1-2H3,(H2,14,15,16,17). The smallest absolute Gasteiger partial charge is 0.329 e. The third-order valence-electron chi connectivity index (χ3n) is 2.73. The molecule has 0 aliphatic heterocycles. The third kappa shape index (κ3) is 3.88. The first kappa shape index (κ1) is 14.7. The van der Waals surface area contributed by atoms with E-state index in [0.717, 1.165) is 0 Å². The summed E-state index contributed by atoms with van der Waals surface area (Å²) in [7, 11) is 0. The predicted molar refractivity (Wildman–Crippen MR) is 78.2 cm³/mol. The number of nitrogens with zero attached hydrogens (tertiary/aromatic N) is 5. The first-order valence-electron chi connectivity index (χ1n) is 6.57. The van der Waals surface area contributed by atoms with Crippen molar-refractivity contribution in [1.29, 1.82) is 0 Å². The average molecular weight is 291 g/mol. The molecule has 2 aromatic rings. The van der Waals surface area contributed by atoms with E-state index in [1.165, 1.54) is 6.20 Å². The number of imidazole rings is 1. The molecule has 2 N–H and O–H groups in total. The topological polar surface area (TPSA) is 111 Å². The van der Waals surface area contributed by atoms with Gasteiger partial charge in [-0.2, -0.15) is 4.98 Å². The molecule has 9 heteroatoms. The Kier molecular flexibility index (Phi) is 4.64. The number of hydrogen-bond donors (Lipinski definition) is 2. The van der Waals surface area contributed by atoms with Crippen LogP contribution in [0.5, 0.6) is 0 Å². The van der Waals surface area contributed by atoms with Crippen molar-refractivity contribution in [3.63, 3.8) is 0 Å². The highest BCUT2D eigenvalue weighted by molar-refractivity contribution is 5.57. The predicted octanol–water partition coefficient (Wildman–Crippen LogP) is 1.51. The van der Waals surface area contributed by atoms with Gasteiger partial charge in [-0.25, -0.2) is 9.97 Å². The molecule has 0 aliphatic carbocycles. The molecular formula is C12H17N7O2. The van der Waals surface area contributed by atoms with Crippen LogP contribution in [-0.4, -0.2) is 37.0 Å². The van der Waals surface area contributed by atoms with E-state index in [0.29, 0.717) is 19.0 Å². The Hall–Kier alpha value is -2.71. The molecule has 21 heavy (non-hydrogen) atoms. The number of nitrogens with one attached hydrogen (secondary N) is 2. The van der Waals surface area contributed by atoms with Gasteiger partial charge in [0.25, 0.3) is 0 Å². The Morgan fingerprint density at radius 1 is 1.52 bits per heavy atom. The average Bonchev–Trinajstić information content (AvgIpc) is 2.91. The molecule has 2 rings (SSSR count). The Morgan fingerprint density at radius 2 is 2.33 bits per heavy atom. The minimum Gasteiger partial charge on any atom is -0.360 e. The number of aromatic nitrogens is 4. The van der Waals surface area contributed by atoms with Gasteiger partial charge >= 0.3 is 5.69 Å². The fourth-order valence-corrected chi connectivity index (χ4v) is 1.85. The zero-order valence-electron chi connectivity index (χ0n) is 11.9. The molecular weight excluding hydrogens is 274 g/mol. The van der Waals surface area contributed by atoms with Crippen molar-refractivity contribution in [2.24, 2.45) is 0 Å². The molecule has 0 fully saturated rings. The summed E-state index contributed by atoms with van der Waals surface area (Å²) >= 11 is 0. The van der Waals surface area contributed by atoms with E-state index in [4.69, 9.17) is 0 Å². The van der Waals surface area contributed by atoms with Gasteiger partial charge in [0.15, 0.2) is 0 Å². The summed E-state index contributed by atoms with van der Waals surface area (Å²) < 4.78 is 1.88. The SMILES string of the molecule is CCNc1ncc([N+](=O)[O-])c(NC(C)Cn2ccnc2)n1. The highest BCUT2D eigenvalue weighted by Crippen LogP contribution is 2.22. The van der Waals surface area contributed by atoms with Crippen LogP contribution in [0.3, 0.4) is 0 Å². The Balaban J connectivity index is 2.15. The Labute approximate surface area is 121 Å². The minimum atomic E-state index is -0.498. The highest BCUT2D eigenvalue weighted by Gasteiger charge is 2.18. The molecule has 2 heterocycles. The van der Waals surface area contributed by atoms with Crippen LogP contribution >= 0.6 is 0 Å². The molecule has 112 valence electrons. The second-order valence-electron chi connectivity index (χ2n) is 4.52. The quantitative estimate of drug-likeness (QED) is 0.587. The molecule has 0 spiro atoms. The molecule has 0 radical (unpaired) electrons. The molecule has 1 atom stereocenters. The Morgan fingerprint density at radius 3 is 2.95 bits per heavy atom. The van der Waals surface area contributed by atoms with Crippen molar-refractivity contribution in [2.45, 2.75) is 26.4 Å². The van der Waals surface area contributed by atoms with Crippen LogP contribution in [0.25, 0.3) is 0 Å². The van der Waals surface area contributed by atoms with E-state index in [1.807, 2.05) is 24.6 Å². The van der Waals surface area contributed by atoms with Crippen molar-refractivity contribution in [2.75, 3.05) is 17.2 Å². The minimum absolute atomic E-state index is 0.0534. The molecule has 0 aliphatic rings. The summed E-state index contributed by atoms with van der Waals surface area (Å²) in [4.78, 5) is 22.6. The molecule has 0 aromatic carbocycles. The zero-order chi connectivity index (χ0) is 15.2. The second-order valence-corrected chi connectivity index (χ2v) is 4.52. The summed E-state index contributed by atoms with van der Waals surface area (Å²) in [6.07, 6.45) is 6.41. The maximum atomic E-state index is 11.0. The van der Waals surface area contributed by atoms with Crippen LogP contribution in [0.4, 0.5) is 17.5 Å². The van der Waals surface area contributed by atoms with Gasteiger partial charge in [0.05, 0.1) is 11.3 Å². The van der Waals surface area contributed by atoms with Gasteiger partial charge in [-0.1, -0.05) is 0 Å². The fraction of sp³-hybridized carbons (Fsp3) is 0.417. The lowest BCUT2D eigenvalue weighted by molar-refractivity contribution is -0.384. The van der Waals surface area contributed by atoms with Crippen molar-refractivity contribution >= 4 is 17.5 Å².